The van der Waals surface area contributed by atoms with Crippen molar-refractivity contribution in [2.75, 3.05) is 0 Å². The first-order valence-electron chi connectivity index (χ1n) is 11.5. The molecule has 3 rings (SSSR count). The average Bonchev–Trinajstić information content (AvgIpc) is 2.67. The first-order valence-corrected chi connectivity index (χ1v) is 11.5. The zero-order valence-corrected chi connectivity index (χ0v) is 19.2. The minimum Gasteiger partial charge on any atom is -0.459 e. The summed E-state index contributed by atoms with van der Waals surface area (Å²) >= 11 is 0. The predicted molar refractivity (Wildman–Crippen MR) is 117 cm³/mol. The fraction of sp³-hybridized carbons (Fsp3) is 0.731. The Kier molecular flexibility index (Phi) is 5.73. The number of fused-ring (bicyclic) bond motifs is 3. The second-order valence-corrected chi connectivity index (χ2v) is 10.4. The predicted octanol–water partition coefficient (Wildman–Crippen LogP) is 6.94. The number of aryl methyl sites for hydroxylation is 1. The molecular formula is C26H40O2. The third-order valence-electron chi connectivity index (χ3n) is 8.35. The van der Waals surface area contributed by atoms with Gasteiger partial charge in [0, 0.05) is 0 Å². The molecule has 0 radical (unpaired) electrons. The molecule has 0 saturated heterocycles. The van der Waals surface area contributed by atoms with Crippen molar-refractivity contribution < 1.29 is 9.53 Å². The van der Waals surface area contributed by atoms with E-state index >= 15 is 0 Å². The fourth-order valence-corrected chi connectivity index (χ4v) is 5.85. The van der Waals surface area contributed by atoms with Crippen LogP contribution in [-0.4, -0.2) is 11.6 Å². The zero-order valence-electron chi connectivity index (χ0n) is 19.2. The quantitative estimate of drug-likeness (QED) is 0.514. The Hall–Kier alpha value is -1.31. The summed E-state index contributed by atoms with van der Waals surface area (Å²) < 4.78 is 6.17. The van der Waals surface area contributed by atoms with Gasteiger partial charge in [0.25, 0.3) is 0 Å². The summed E-state index contributed by atoms with van der Waals surface area (Å²) in [6, 6.07) is 7.11. The number of carbonyl (C=O) groups excluding carboxylic acids is 1. The summed E-state index contributed by atoms with van der Waals surface area (Å²) in [6.07, 6.45) is 7.13. The highest BCUT2D eigenvalue weighted by atomic mass is 16.6. The van der Waals surface area contributed by atoms with Crippen LogP contribution >= 0.6 is 0 Å². The van der Waals surface area contributed by atoms with Gasteiger partial charge < -0.3 is 4.74 Å². The van der Waals surface area contributed by atoms with Crippen LogP contribution in [0.2, 0.25) is 0 Å². The second kappa shape index (κ2) is 7.50. The van der Waals surface area contributed by atoms with E-state index < -0.39 is 0 Å². The molecule has 0 N–H and O–H groups in total. The Balaban J connectivity index is 1.96. The van der Waals surface area contributed by atoms with Crippen molar-refractivity contribution in [3.63, 3.8) is 0 Å². The summed E-state index contributed by atoms with van der Waals surface area (Å²) in [5.41, 5.74) is 3.78. The van der Waals surface area contributed by atoms with Crippen molar-refractivity contribution in [3.05, 3.63) is 34.9 Å². The van der Waals surface area contributed by atoms with E-state index in [1.807, 2.05) is 0 Å². The van der Waals surface area contributed by atoms with Crippen molar-refractivity contribution >= 4 is 5.97 Å². The SMILES string of the molecule is CCC(C)(CC)OC(=O)C1(C)CCCC2(C)c3ccc(C(C)C)cc3CCC12. The minimum atomic E-state index is -0.382. The van der Waals surface area contributed by atoms with Gasteiger partial charge in [0.05, 0.1) is 5.41 Å². The molecule has 0 aromatic heterocycles. The van der Waals surface area contributed by atoms with Gasteiger partial charge in [0.2, 0.25) is 0 Å². The van der Waals surface area contributed by atoms with E-state index in [4.69, 9.17) is 4.74 Å². The summed E-state index contributed by atoms with van der Waals surface area (Å²) in [5, 5.41) is 0. The lowest BCUT2D eigenvalue weighted by Gasteiger charge is -2.54. The van der Waals surface area contributed by atoms with Gasteiger partial charge in [-0.2, -0.15) is 0 Å². The van der Waals surface area contributed by atoms with Gasteiger partial charge >= 0.3 is 5.97 Å². The number of hydrogen-bond donors (Lipinski definition) is 0. The number of esters is 1. The van der Waals surface area contributed by atoms with Crippen LogP contribution in [0.1, 0.15) is 110 Å². The molecule has 1 saturated carbocycles. The molecule has 2 aliphatic rings. The monoisotopic (exact) mass is 384 g/mol. The van der Waals surface area contributed by atoms with Crippen LogP contribution in [0.25, 0.3) is 0 Å². The number of benzene rings is 1. The molecule has 2 aliphatic carbocycles. The standard InChI is InChI=1S/C26H40O2/c1-8-24(5,9-2)28-23(27)26(7)16-10-15-25(6)21-13-11-19(18(3)4)17-20(21)12-14-22(25)26/h11,13,17-18,22H,8-10,12,14-16H2,1-7H3. The molecule has 0 spiro atoms. The van der Waals surface area contributed by atoms with Crippen LogP contribution in [-0.2, 0) is 21.4 Å². The maximum Gasteiger partial charge on any atom is 0.312 e. The number of ether oxygens (including phenoxy) is 1. The maximum atomic E-state index is 13.5. The molecule has 28 heavy (non-hydrogen) atoms. The Morgan fingerprint density at radius 2 is 1.89 bits per heavy atom. The Morgan fingerprint density at radius 3 is 2.50 bits per heavy atom. The van der Waals surface area contributed by atoms with Crippen LogP contribution in [0, 0.1) is 11.3 Å². The van der Waals surface area contributed by atoms with Gasteiger partial charge in [-0.05, 0) is 86.3 Å². The molecule has 3 atom stereocenters. The second-order valence-electron chi connectivity index (χ2n) is 10.4. The number of hydrogen-bond acceptors (Lipinski definition) is 2. The molecule has 2 nitrogen and oxygen atoms in total. The van der Waals surface area contributed by atoms with Crippen molar-refractivity contribution in [1.82, 2.24) is 0 Å². The Morgan fingerprint density at radius 1 is 1.21 bits per heavy atom. The smallest absolute Gasteiger partial charge is 0.312 e. The largest absolute Gasteiger partial charge is 0.459 e. The normalized spacial score (nSPS) is 29.9. The van der Waals surface area contributed by atoms with Crippen molar-refractivity contribution in [3.8, 4) is 0 Å². The number of rotatable bonds is 5. The Bertz CT molecular complexity index is 730. The van der Waals surface area contributed by atoms with Crippen molar-refractivity contribution in [1.29, 1.82) is 0 Å². The molecule has 0 amide bonds. The van der Waals surface area contributed by atoms with E-state index in [9.17, 15) is 4.79 Å². The van der Waals surface area contributed by atoms with Crippen LogP contribution in [0.4, 0.5) is 0 Å². The summed E-state index contributed by atoms with van der Waals surface area (Å²) in [6.45, 7) is 15.5. The molecular weight excluding hydrogens is 344 g/mol. The molecule has 3 unspecified atom stereocenters. The topological polar surface area (TPSA) is 26.3 Å². The summed E-state index contributed by atoms with van der Waals surface area (Å²) in [7, 11) is 0. The molecule has 0 heterocycles. The van der Waals surface area contributed by atoms with Gasteiger partial charge in [-0.25, -0.2) is 0 Å². The molecule has 0 bridgehead atoms. The van der Waals surface area contributed by atoms with Gasteiger partial charge in [0.1, 0.15) is 5.60 Å². The van der Waals surface area contributed by atoms with Crippen LogP contribution in [0.3, 0.4) is 0 Å². The Labute approximate surface area is 172 Å². The molecule has 0 aliphatic heterocycles. The van der Waals surface area contributed by atoms with Gasteiger partial charge in [0.15, 0.2) is 0 Å². The lowest BCUT2D eigenvalue weighted by atomic mass is 9.49. The van der Waals surface area contributed by atoms with E-state index in [0.29, 0.717) is 11.8 Å². The van der Waals surface area contributed by atoms with Gasteiger partial charge in [-0.15, -0.1) is 0 Å². The van der Waals surface area contributed by atoms with Crippen LogP contribution in [0.15, 0.2) is 18.2 Å². The van der Waals surface area contributed by atoms with E-state index in [0.717, 1.165) is 38.5 Å². The molecule has 1 fully saturated rings. The molecule has 1 aromatic rings. The van der Waals surface area contributed by atoms with E-state index in [2.05, 4.69) is 66.7 Å². The highest BCUT2D eigenvalue weighted by Gasteiger charge is 2.56. The first-order chi connectivity index (χ1) is 13.1. The third-order valence-corrected chi connectivity index (χ3v) is 8.35. The van der Waals surface area contributed by atoms with Crippen molar-refractivity contribution in [2.24, 2.45) is 11.3 Å². The fourth-order valence-electron chi connectivity index (χ4n) is 5.85. The van der Waals surface area contributed by atoms with Gasteiger partial charge in [-0.1, -0.05) is 59.2 Å². The zero-order chi connectivity index (χ0) is 20.7. The van der Waals surface area contributed by atoms with E-state index in [1.54, 1.807) is 0 Å². The van der Waals surface area contributed by atoms with Crippen molar-refractivity contribution in [2.45, 2.75) is 110 Å². The minimum absolute atomic E-state index is 0.0388. The third kappa shape index (κ3) is 3.42. The van der Waals surface area contributed by atoms with Crippen LogP contribution < -0.4 is 0 Å². The van der Waals surface area contributed by atoms with Gasteiger partial charge in [-0.3, -0.25) is 4.79 Å². The maximum absolute atomic E-state index is 13.5. The van der Waals surface area contributed by atoms with E-state index in [-0.39, 0.29) is 22.4 Å². The van der Waals surface area contributed by atoms with E-state index in [1.165, 1.54) is 23.1 Å². The highest BCUT2D eigenvalue weighted by Crippen LogP contribution is 2.58. The molecule has 156 valence electrons. The first kappa shape index (κ1) is 21.4. The highest BCUT2D eigenvalue weighted by molar-refractivity contribution is 5.78. The lowest BCUT2D eigenvalue weighted by Crippen LogP contribution is -2.54. The molecule has 2 heteroatoms. The van der Waals surface area contributed by atoms with Crippen LogP contribution in [0.5, 0.6) is 0 Å². The summed E-state index contributed by atoms with van der Waals surface area (Å²) in [4.78, 5) is 13.5. The summed E-state index contributed by atoms with van der Waals surface area (Å²) in [5.74, 6) is 0.955. The number of carbonyl (C=O) groups is 1. The molecule has 1 aromatic carbocycles. The lowest BCUT2D eigenvalue weighted by molar-refractivity contribution is -0.180. The average molecular weight is 385 g/mol.